The van der Waals surface area contributed by atoms with Crippen LogP contribution in [0, 0.1) is 0 Å². The zero-order valence-corrected chi connectivity index (χ0v) is 18.0. The van der Waals surface area contributed by atoms with Gasteiger partial charge in [-0.2, -0.15) is 0 Å². The van der Waals surface area contributed by atoms with Gasteiger partial charge in [-0.05, 0) is 17.7 Å². The van der Waals surface area contributed by atoms with Crippen molar-refractivity contribution in [2.24, 2.45) is 7.05 Å². The number of aryl methyl sites for hydroxylation is 1. The number of carbonyl (C=O) groups excluding carboxylic acids is 2. The van der Waals surface area contributed by atoms with E-state index in [4.69, 9.17) is 11.6 Å². The Morgan fingerprint density at radius 3 is 2.32 bits per heavy atom. The summed E-state index contributed by atoms with van der Waals surface area (Å²) in [7, 11) is 1.86. The lowest BCUT2D eigenvalue weighted by molar-refractivity contribution is -0.131. The number of piperazine rings is 1. The van der Waals surface area contributed by atoms with E-state index in [1.807, 2.05) is 71.2 Å². The van der Waals surface area contributed by atoms with Gasteiger partial charge in [-0.25, -0.2) is 0 Å². The van der Waals surface area contributed by atoms with Crippen LogP contribution < -0.4 is 0 Å². The monoisotopic (exact) mass is 434 g/mol. The fourth-order valence-corrected chi connectivity index (χ4v) is 4.81. The minimum atomic E-state index is -0.0903. The van der Waals surface area contributed by atoms with Gasteiger partial charge in [0.1, 0.15) is 5.69 Å². The van der Waals surface area contributed by atoms with E-state index in [9.17, 15) is 9.59 Å². The summed E-state index contributed by atoms with van der Waals surface area (Å²) in [5, 5.41) is 2.44. The van der Waals surface area contributed by atoms with Crippen molar-refractivity contribution >= 4 is 45.2 Å². The van der Waals surface area contributed by atoms with Gasteiger partial charge in [0.05, 0.1) is 11.4 Å². The number of fused-ring (bicyclic) bond motifs is 2. The fourth-order valence-electron chi connectivity index (χ4n) is 4.45. The summed E-state index contributed by atoms with van der Waals surface area (Å²) in [4.78, 5) is 32.9. The molecule has 1 aliphatic rings. The predicted molar refractivity (Wildman–Crippen MR) is 122 cm³/mol. The van der Waals surface area contributed by atoms with Gasteiger partial charge in [0.15, 0.2) is 0 Å². The number of nitrogens with one attached hydrogen (secondary N) is 1. The van der Waals surface area contributed by atoms with Crippen molar-refractivity contribution in [2.75, 3.05) is 26.2 Å². The van der Waals surface area contributed by atoms with Crippen molar-refractivity contribution in [2.45, 2.75) is 6.42 Å². The lowest BCUT2D eigenvalue weighted by Crippen LogP contribution is -2.51. The number of aromatic amines is 1. The Morgan fingerprint density at radius 2 is 1.58 bits per heavy atom. The molecule has 0 radical (unpaired) electrons. The molecule has 7 heteroatoms. The summed E-state index contributed by atoms with van der Waals surface area (Å²) in [6, 6.07) is 15.7. The molecule has 2 amide bonds. The highest BCUT2D eigenvalue weighted by atomic mass is 35.5. The Bertz CT molecular complexity index is 1260. The van der Waals surface area contributed by atoms with Gasteiger partial charge in [0, 0.05) is 61.2 Å². The topological polar surface area (TPSA) is 61.3 Å². The summed E-state index contributed by atoms with van der Waals surface area (Å²) in [6.07, 6.45) is 2.26. The minimum Gasteiger partial charge on any atom is -0.361 e. The first-order chi connectivity index (χ1) is 15.0. The minimum absolute atomic E-state index is 0.0829. The second-order valence-corrected chi connectivity index (χ2v) is 8.33. The number of benzene rings is 2. The summed E-state index contributed by atoms with van der Waals surface area (Å²) >= 11 is 6.55. The van der Waals surface area contributed by atoms with Crippen LogP contribution in [-0.4, -0.2) is 57.3 Å². The van der Waals surface area contributed by atoms with Crippen LogP contribution >= 0.6 is 11.6 Å². The molecule has 4 aromatic rings. The SMILES string of the molecule is Cn1c(C(=O)N2CCN(C(=O)Cc3c[nH]c4ccccc34)CC2)c(Cl)c2ccccc21. The van der Waals surface area contributed by atoms with Crippen molar-refractivity contribution in [1.29, 1.82) is 0 Å². The summed E-state index contributed by atoms with van der Waals surface area (Å²) in [5.41, 5.74) is 3.47. The highest BCUT2D eigenvalue weighted by Gasteiger charge is 2.29. The third-order valence-electron chi connectivity index (χ3n) is 6.18. The van der Waals surface area contributed by atoms with Gasteiger partial charge >= 0.3 is 0 Å². The number of hydrogen-bond acceptors (Lipinski definition) is 2. The highest BCUT2D eigenvalue weighted by Crippen LogP contribution is 2.31. The van der Waals surface area contributed by atoms with E-state index in [2.05, 4.69) is 4.98 Å². The maximum Gasteiger partial charge on any atom is 0.272 e. The van der Waals surface area contributed by atoms with Gasteiger partial charge in [-0.3, -0.25) is 9.59 Å². The maximum absolute atomic E-state index is 13.2. The highest BCUT2D eigenvalue weighted by molar-refractivity contribution is 6.38. The molecule has 0 aliphatic carbocycles. The molecule has 6 nitrogen and oxygen atoms in total. The average molecular weight is 435 g/mol. The van der Waals surface area contributed by atoms with Gasteiger partial charge in [0.25, 0.3) is 5.91 Å². The molecule has 158 valence electrons. The molecule has 1 N–H and O–H groups in total. The standard InChI is InChI=1S/C24H23ClN4O2/c1-27-20-9-5-3-7-18(20)22(25)23(27)24(31)29-12-10-28(11-13-29)21(30)14-16-15-26-19-8-4-2-6-17(16)19/h2-9,15,26H,10-14H2,1H3. The number of amides is 2. The Hall–Kier alpha value is -3.25. The smallest absolute Gasteiger partial charge is 0.272 e. The predicted octanol–water partition coefficient (Wildman–Crippen LogP) is 3.84. The molecule has 0 bridgehead atoms. The van der Waals surface area contributed by atoms with Crippen molar-refractivity contribution in [3.63, 3.8) is 0 Å². The molecule has 3 heterocycles. The molecule has 1 fully saturated rings. The molecule has 2 aromatic heterocycles. The number of carbonyl (C=O) groups is 2. The maximum atomic E-state index is 13.2. The third kappa shape index (κ3) is 3.37. The second kappa shape index (κ2) is 7.78. The van der Waals surface area contributed by atoms with Crippen LogP contribution in [0.2, 0.25) is 5.02 Å². The van der Waals surface area contributed by atoms with Crippen LogP contribution in [0.5, 0.6) is 0 Å². The Labute approximate surface area is 185 Å². The first-order valence-electron chi connectivity index (χ1n) is 10.4. The lowest BCUT2D eigenvalue weighted by Gasteiger charge is -2.35. The van der Waals surface area contributed by atoms with Crippen molar-refractivity contribution in [1.82, 2.24) is 19.4 Å². The van der Waals surface area contributed by atoms with Crippen LogP contribution in [0.3, 0.4) is 0 Å². The number of H-pyrrole nitrogens is 1. The van der Waals surface area contributed by atoms with E-state index >= 15 is 0 Å². The van der Waals surface area contributed by atoms with Gasteiger partial charge in [-0.15, -0.1) is 0 Å². The van der Waals surface area contributed by atoms with E-state index in [-0.39, 0.29) is 11.8 Å². The molecule has 1 saturated heterocycles. The zero-order chi connectivity index (χ0) is 21.5. The molecule has 0 unspecified atom stereocenters. The number of aromatic nitrogens is 2. The average Bonchev–Trinajstić information content (AvgIpc) is 3.32. The van der Waals surface area contributed by atoms with Crippen molar-refractivity contribution in [3.05, 3.63) is 71.0 Å². The van der Waals surface area contributed by atoms with Gasteiger partial charge < -0.3 is 19.4 Å². The first kappa shape index (κ1) is 19.7. The quantitative estimate of drug-likeness (QED) is 0.532. The number of nitrogens with zero attached hydrogens (tertiary/aromatic N) is 3. The summed E-state index contributed by atoms with van der Waals surface area (Å²) in [5.74, 6) is -0.00748. The summed E-state index contributed by atoms with van der Waals surface area (Å²) in [6.45, 7) is 2.04. The molecule has 1 aliphatic heterocycles. The molecule has 31 heavy (non-hydrogen) atoms. The van der Waals surface area contributed by atoms with E-state index in [1.165, 1.54) is 0 Å². The zero-order valence-electron chi connectivity index (χ0n) is 17.3. The lowest BCUT2D eigenvalue weighted by atomic mass is 10.1. The van der Waals surface area contributed by atoms with Crippen LogP contribution in [0.25, 0.3) is 21.8 Å². The molecule has 0 spiro atoms. The molecule has 0 atom stereocenters. The third-order valence-corrected chi connectivity index (χ3v) is 6.57. The molecular weight excluding hydrogens is 412 g/mol. The van der Waals surface area contributed by atoms with Crippen molar-refractivity contribution < 1.29 is 9.59 Å². The number of halogens is 1. The first-order valence-corrected chi connectivity index (χ1v) is 10.8. The number of hydrogen-bond donors (Lipinski definition) is 1. The van der Waals surface area contributed by atoms with E-state index in [0.29, 0.717) is 43.3 Å². The molecular formula is C24H23ClN4O2. The van der Waals surface area contributed by atoms with E-state index in [0.717, 1.165) is 27.4 Å². The van der Waals surface area contributed by atoms with E-state index in [1.54, 1.807) is 4.90 Å². The normalized spacial score (nSPS) is 14.5. The summed E-state index contributed by atoms with van der Waals surface area (Å²) < 4.78 is 1.86. The molecule has 2 aromatic carbocycles. The van der Waals surface area contributed by atoms with Crippen LogP contribution in [0.1, 0.15) is 16.1 Å². The molecule has 5 rings (SSSR count). The number of rotatable bonds is 3. The second-order valence-electron chi connectivity index (χ2n) is 7.95. The van der Waals surface area contributed by atoms with Gasteiger partial charge in [-0.1, -0.05) is 48.0 Å². The largest absolute Gasteiger partial charge is 0.361 e. The van der Waals surface area contributed by atoms with Gasteiger partial charge in [0.2, 0.25) is 5.91 Å². The van der Waals surface area contributed by atoms with Crippen LogP contribution in [0.15, 0.2) is 54.7 Å². The van der Waals surface area contributed by atoms with Crippen LogP contribution in [0.4, 0.5) is 0 Å². The Balaban J connectivity index is 1.27. The molecule has 0 saturated carbocycles. The Kier molecular flexibility index (Phi) is 4.94. The number of para-hydroxylation sites is 2. The van der Waals surface area contributed by atoms with E-state index < -0.39 is 0 Å². The fraction of sp³-hybridized carbons (Fsp3) is 0.250. The Morgan fingerprint density at radius 1 is 0.935 bits per heavy atom. The van der Waals surface area contributed by atoms with Crippen molar-refractivity contribution in [3.8, 4) is 0 Å². The van der Waals surface area contributed by atoms with Crippen LogP contribution in [-0.2, 0) is 18.3 Å².